The van der Waals surface area contributed by atoms with Crippen molar-refractivity contribution < 1.29 is 9.18 Å². The average Bonchev–Trinajstić information content (AvgIpc) is 2.63. The van der Waals surface area contributed by atoms with Crippen LogP contribution < -0.4 is 10.2 Å². The van der Waals surface area contributed by atoms with Crippen LogP contribution in [0.5, 0.6) is 0 Å². The molecule has 4 heteroatoms. The summed E-state index contributed by atoms with van der Waals surface area (Å²) in [7, 11) is 0. The van der Waals surface area contributed by atoms with Crippen LogP contribution >= 0.6 is 0 Å². The van der Waals surface area contributed by atoms with Crippen molar-refractivity contribution in [3.05, 3.63) is 66.0 Å². The zero-order valence-electron chi connectivity index (χ0n) is 13.5. The number of nitrogens with zero attached hydrogens (tertiary/aromatic N) is 1. The van der Waals surface area contributed by atoms with Crippen molar-refractivity contribution in [2.24, 2.45) is 0 Å². The zero-order chi connectivity index (χ0) is 16.8. The molecule has 2 aromatic carbocycles. The van der Waals surface area contributed by atoms with Crippen molar-refractivity contribution in [1.29, 1.82) is 0 Å². The van der Waals surface area contributed by atoms with E-state index in [2.05, 4.69) is 10.2 Å². The van der Waals surface area contributed by atoms with Gasteiger partial charge in [0.2, 0.25) is 5.91 Å². The molecule has 124 valence electrons. The summed E-state index contributed by atoms with van der Waals surface area (Å²) in [6, 6.07) is 13.9. The number of rotatable bonds is 4. The lowest BCUT2D eigenvalue weighted by molar-refractivity contribution is -0.111. The second-order valence-electron chi connectivity index (χ2n) is 5.97. The molecule has 0 saturated carbocycles. The molecule has 1 amide bonds. The minimum atomic E-state index is -0.287. The molecule has 24 heavy (non-hydrogen) atoms. The SMILES string of the molecule is O=C(C=Cc1ccc(F)cc1)Nc1ccc(N2CCCCC2)cc1. The van der Waals surface area contributed by atoms with Crippen LogP contribution in [-0.2, 0) is 4.79 Å². The van der Waals surface area contributed by atoms with Crippen molar-refractivity contribution >= 4 is 23.4 Å². The molecule has 2 aromatic rings. The van der Waals surface area contributed by atoms with E-state index in [9.17, 15) is 9.18 Å². The Hall–Kier alpha value is -2.62. The van der Waals surface area contributed by atoms with Gasteiger partial charge in [0.15, 0.2) is 0 Å². The lowest BCUT2D eigenvalue weighted by Gasteiger charge is -2.28. The smallest absolute Gasteiger partial charge is 0.248 e. The average molecular weight is 324 g/mol. The van der Waals surface area contributed by atoms with E-state index in [1.54, 1.807) is 18.2 Å². The van der Waals surface area contributed by atoms with Crippen molar-refractivity contribution in [2.45, 2.75) is 19.3 Å². The first-order valence-corrected chi connectivity index (χ1v) is 8.30. The van der Waals surface area contributed by atoms with E-state index in [1.165, 1.54) is 43.2 Å². The summed E-state index contributed by atoms with van der Waals surface area (Å²) >= 11 is 0. The van der Waals surface area contributed by atoms with E-state index >= 15 is 0 Å². The van der Waals surface area contributed by atoms with Gasteiger partial charge in [-0.05, 0) is 67.3 Å². The summed E-state index contributed by atoms with van der Waals surface area (Å²) < 4.78 is 12.8. The molecule has 1 aliphatic rings. The first kappa shape index (κ1) is 16.2. The Bertz CT molecular complexity index is 701. The predicted molar refractivity (Wildman–Crippen MR) is 96.6 cm³/mol. The zero-order valence-corrected chi connectivity index (χ0v) is 13.5. The van der Waals surface area contributed by atoms with Gasteiger partial charge in [-0.25, -0.2) is 4.39 Å². The van der Waals surface area contributed by atoms with E-state index in [0.29, 0.717) is 0 Å². The molecular formula is C20H21FN2O. The summed E-state index contributed by atoms with van der Waals surface area (Å²) in [5, 5.41) is 2.84. The first-order valence-electron chi connectivity index (χ1n) is 8.30. The summed E-state index contributed by atoms with van der Waals surface area (Å²) in [4.78, 5) is 14.3. The fraction of sp³-hybridized carbons (Fsp3) is 0.250. The van der Waals surface area contributed by atoms with Crippen molar-refractivity contribution in [1.82, 2.24) is 0 Å². The molecule has 0 bridgehead atoms. The Morgan fingerprint density at radius 1 is 0.958 bits per heavy atom. The molecule has 3 rings (SSSR count). The molecule has 1 fully saturated rings. The third-order valence-electron chi connectivity index (χ3n) is 4.15. The minimum absolute atomic E-state index is 0.204. The fourth-order valence-corrected chi connectivity index (χ4v) is 2.84. The van der Waals surface area contributed by atoms with Crippen LogP contribution in [0, 0.1) is 5.82 Å². The van der Waals surface area contributed by atoms with Crippen LogP contribution in [0.25, 0.3) is 6.08 Å². The monoisotopic (exact) mass is 324 g/mol. The molecule has 0 unspecified atom stereocenters. The molecule has 0 radical (unpaired) electrons. The number of carbonyl (C=O) groups is 1. The Labute approximate surface area is 141 Å². The molecule has 0 spiro atoms. The molecule has 3 nitrogen and oxygen atoms in total. The number of nitrogens with one attached hydrogen (secondary N) is 1. The lowest BCUT2D eigenvalue weighted by Crippen LogP contribution is -2.29. The van der Waals surface area contributed by atoms with Gasteiger partial charge in [0.05, 0.1) is 0 Å². The lowest BCUT2D eigenvalue weighted by atomic mass is 10.1. The Morgan fingerprint density at radius 3 is 2.29 bits per heavy atom. The summed E-state index contributed by atoms with van der Waals surface area (Å²) in [6.07, 6.45) is 6.91. The number of piperidine rings is 1. The van der Waals surface area contributed by atoms with Gasteiger partial charge in [-0.15, -0.1) is 0 Å². The number of amides is 1. The van der Waals surface area contributed by atoms with Gasteiger partial charge in [0.1, 0.15) is 5.82 Å². The first-order chi connectivity index (χ1) is 11.7. The predicted octanol–water partition coefficient (Wildman–Crippen LogP) is 4.47. The molecule has 0 atom stereocenters. The normalized spacial score (nSPS) is 14.8. The van der Waals surface area contributed by atoms with Crippen LogP contribution in [0.4, 0.5) is 15.8 Å². The third-order valence-corrected chi connectivity index (χ3v) is 4.15. The number of carbonyl (C=O) groups excluding carboxylic acids is 1. The van der Waals surface area contributed by atoms with E-state index in [1.807, 2.05) is 24.3 Å². The molecule has 0 aliphatic carbocycles. The second-order valence-corrected chi connectivity index (χ2v) is 5.97. The quantitative estimate of drug-likeness (QED) is 0.842. The van der Waals surface area contributed by atoms with E-state index in [-0.39, 0.29) is 11.7 Å². The van der Waals surface area contributed by atoms with Gasteiger partial charge < -0.3 is 10.2 Å². The van der Waals surface area contributed by atoms with Gasteiger partial charge in [-0.2, -0.15) is 0 Å². The molecular weight excluding hydrogens is 303 g/mol. The highest BCUT2D eigenvalue weighted by Crippen LogP contribution is 2.21. The molecule has 1 aliphatic heterocycles. The van der Waals surface area contributed by atoms with Crippen molar-refractivity contribution in [3.63, 3.8) is 0 Å². The largest absolute Gasteiger partial charge is 0.372 e. The van der Waals surface area contributed by atoms with Gasteiger partial charge in [0.25, 0.3) is 0 Å². The van der Waals surface area contributed by atoms with Crippen LogP contribution in [-0.4, -0.2) is 19.0 Å². The molecule has 0 aromatic heterocycles. The third kappa shape index (κ3) is 4.44. The molecule has 1 saturated heterocycles. The highest BCUT2D eigenvalue weighted by molar-refractivity contribution is 6.02. The standard InChI is InChI=1S/C20H21FN2O/c21-17-7-4-16(5-8-17)6-13-20(24)22-18-9-11-19(12-10-18)23-14-2-1-3-15-23/h4-13H,1-3,14-15H2,(H,22,24). The summed E-state index contributed by atoms with van der Waals surface area (Å²) in [5.74, 6) is -0.490. The highest BCUT2D eigenvalue weighted by atomic mass is 19.1. The van der Waals surface area contributed by atoms with E-state index in [0.717, 1.165) is 24.3 Å². The van der Waals surface area contributed by atoms with Gasteiger partial charge in [-0.3, -0.25) is 4.79 Å². The van der Waals surface area contributed by atoms with Gasteiger partial charge in [0, 0.05) is 30.5 Å². The number of hydrogen-bond acceptors (Lipinski definition) is 2. The Kier molecular flexibility index (Phi) is 5.26. The number of anilines is 2. The van der Waals surface area contributed by atoms with Crippen LogP contribution in [0.15, 0.2) is 54.6 Å². The van der Waals surface area contributed by atoms with E-state index in [4.69, 9.17) is 0 Å². The minimum Gasteiger partial charge on any atom is -0.372 e. The Balaban J connectivity index is 1.57. The van der Waals surface area contributed by atoms with Crippen molar-refractivity contribution in [2.75, 3.05) is 23.3 Å². The number of halogens is 1. The van der Waals surface area contributed by atoms with Crippen molar-refractivity contribution in [3.8, 4) is 0 Å². The van der Waals surface area contributed by atoms with Gasteiger partial charge in [-0.1, -0.05) is 12.1 Å². The fourth-order valence-electron chi connectivity index (χ4n) is 2.84. The second kappa shape index (κ2) is 7.77. The van der Waals surface area contributed by atoms with Crippen LogP contribution in [0.2, 0.25) is 0 Å². The van der Waals surface area contributed by atoms with Gasteiger partial charge >= 0.3 is 0 Å². The highest BCUT2D eigenvalue weighted by Gasteiger charge is 2.10. The maximum absolute atomic E-state index is 12.8. The maximum Gasteiger partial charge on any atom is 0.248 e. The molecule has 1 N–H and O–H groups in total. The summed E-state index contributed by atoms with van der Waals surface area (Å²) in [6.45, 7) is 2.21. The maximum atomic E-state index is 12.8. The topological polar surface area (TPSA) is 32.3 Å². The molecule has 1 heterocycles. The van der Waals surface area contributed by atoms with Crippen LogP contribution in [0.1, 0.15) is 24.8 Å². The number of hydrogen-bond donors (Lipinski definition) is 1. The Morgan fingerprint density at radius 2 is 1.62 bits per heavy atom. The van der Waals surface area contributed by atoms with Crippen LogP contribution in [0.3, 0.4) is 0 Å². The van der Waals surface area contributed by atoms with E-state index < -0.39 is 0 Å². The number of benzene rings is 2. The summed E-state index contributed by atoms with van der Waals surface area (Å²) in [5.41, 5.74) is 2.76.